The summed E-state index contributed by atoms with van der Waals surface area (Å²) >= 11 is 0. The van der Waals surface area contributed by atoms with E-state index in [-0.39, 0.29) is 0 Å². The molecule has 5 atom stereocenters. The van der Waals surface area contributed by atoms with E-state index in [9.17, 15) is 0 Å². The first kappa shape index (κ1) is 14.3. The van der Waals surface area contributed by atoms with Crippen molar-refractivity contribution in [3.8, 4) is 0 Å². The molecule has 0 aromatic rings. The quantitative estimate of drug-likeness (QED) is 0.528. The van der Waals surface area contributed by atoms with Crippen LogP contribution in [0.15, 0.2) is 23.3 Å². The lowest BCUT2D eigenvalue weighted by Crippen LogP contribution is -2.51. The van der Waals surface area contributed by atoms with Gasteiger partial charge in [0.2, 0.25) is 0 Å². The van der Waals surface area contributed by atoms with Crippen molar-refractivity contribution in [2.75, 3.05) is 33.8 Å². The molecule has 2 bridgehead atoms. The molecule has 1 saturated heterocycles. The van der Waals surface area contributed by atoms with Crippen LogP contribution < -0.4 is 0 Å². The first-order valence-electron chi connectivity index (χ1n) is 8.20. The van der Waals surface area contributed by atoms with E-state index in [1.54, 1.807) is 11.1 Å². The molecular weight excluding hydrogens is 246 g/mol. The highest BCUT2D eigenvalue weighted by Gasteiger charge is 2.45. The van der Waals surface area contributed by atoms with E-state index in [0.717, 1.165) is 23.6 Å². The molecule has 5 unspecified atom stereocenters. The molecule has 0 amide bonds. The van der Waals surface area contributed by atoms with Gasteiger partial charge in [-0.25, -0.2) is 0 Å². The van der Waals surface area contributed by atoms with Crippen molar-refractivity contribution >= 4 is 0 Å². The van der Waals surface area contributed by atoms with Crippen molar-refractivity contribution in [2.24, 2.45) is 23.7 Å². The molecule has 1 fully saturated rings. The monoisotopic (exact) mass is 276 g/mol. The van der Waals surface area contributed by atoms with Crippen LogP contribution in [0.5, 0.6) is 0 Å². The van der Waals surface area contributed by atoms with Gasteiger partial charge < -0.3 is 9.22 Å². The molecular formula is C18H30NO+. The zero-order valence-corrected chi connectivity index (χ0v) is 13.7. The second-order valence-corrected chi connectivity index (χ2v) is 7.96. The zero-order chi connectivity index (χ0) is 14.5. The van der Waals surface area contributed by atoms with Crippen molar-refractivity contribution < 1.29 is 9.22 Å². The van der Waals surface area contributed by atoms with Gasteiger partial charge in [-0.3, -0.25) is 0 Å². The summed E-state index contributed by atoms with van der Waals surface area (Å²) < 4.78 is 7.48. The highest BCUT2D eigenvalue weighted by atomic mass is 16.5. The number of rotatable bonds is 1. The van der Waals surface area contributed by atoms with Crippen molar-refractivity contribution in [3.63, 3.8) is 0 Å². The number of allylic oxidation sites excluding steroid dienone is 1. The van der Waals surface area contributed by atoms with E-state index < -0.39 is 0 Å². The van der Waals surface area contributed by atoms with Gasteiger partial charge in [0.1, 0.15) is 6.54 Å². The molecule has 0 aromatic heterocycles. The van der Waals surface area contributed by atoms with Crippen LogP contribution >= 0.6 is 0 Å². The molecule has 2 aliphatic heterocycles. The summed E-state index contributed by atoms with van der Waals surface area (Å²) in [4.78, 5) is 0. The lowest BCUT2D eigenvalue weighted by molar-refractivity contribution is -0.887. The van der Waals surface area contributed by atoms with Crippen LogP contribution in [0.3, 0.4) is 0 Å². The topological polar surface area (TPSA) is 9.23 Å². The summed E-state index contributed by atoms with van der Waals surface area (Å²) in [6.45, 7) is 10.5. The summed E-state index contributed by atoms with van der Waals surface area (Å²) in [6.07, 6.45) is 6.51. The van der Waals surface area contributed by atoms with Crippen molar-refractivity contribution in [1.82, 2.24) is 0 Å². The Morgan fingerprint density at radius 1 is 1.25 bits per heavy atom. The number of quaternary nitrogens is 1. The van der Waals surface area contributed by atoms with E-state index in [1.165, 1.54) is 13.0 Å². The van der Waals surface area contributed by atoms with Gasteiger partial charge in [-0.05, 0) is 24.7 Å². The predicted octanol–water partition coefficient (Wildman–Crippen LogP) is 3.26. The minimum Gasteiger partial charge on any atom is -0.373 e. The fourth-order valence-electron chi connectivity index (χ4n) is 4.73. The van der Waals surface area contributed by atoms with E-state index in [2.05, 4.69) is 47.0 Å². The first-order valence-corrected chi connectivity index (χ1v) is 8.20. The Labute approximate surface area is 124 Å². The largest absolute Gasteiger partial charge is 0.373 e. The fraction of sp³-hybridized carbons (Fsp3) is 0.778. The highest BCUT2D eigenvalue weighted by molar-refractivity contribution is 5.24. The Morgan fingerprint density at radius 3 is 2.70 bits per heavy atom. The number of hydrogen-bond acceptors (Lipinski definition) is 1. The third-order valence-corrected chi connectivity index (χ3v) is 5.88. The summed E-state index contributed by atoms with van der Waals surface area (Å²) in [5.41, 5.74) is 3.11. The third kappa shape index (κ3) is 2.37. The van der Waals surface area contributed by atoms with Crippen LogP contribution in [0.4, 0.5) is 0 Å². The van der Waals surface area contributed by atoms with Crippen LogP contribution in [-0.2, 0) is 4.74 Å². The van der Waals surface area contributed by atoms with Crippen LogP contribution in [-0.4, -0.2) is 44.4 Å². The molecule has 112 valence electrons. The summed E-state index contributed by atoms with van der Waals surface area (Å²) in [6, 6.07) is 0. The lowest BCUT2D eigenvalue weighted by Gasteiger charge is -2.49. The van der Waals surface area contributed by atoms with Gasteiger partial charge in [-0.1, -0.05) is 31.6 Å². The van der Waals surface area contributed by atoms with Gasteiger partial charge in [0, 0.05) is 17.9 Å². The second-order valence-electron chi connectivity index (χ2n) is 7.96. The first-order chi connectivity index (χ1) is 9.39. The maximum absolute atomic E-state index is 6.37. The molecule has 2 heterocycles. The second kappa shape index (κ2) is 4.99. The average Bonchev–Trinajstić information content (AvgIpc) is 2.34. The molecule has 2 nitrogen and oxygen atoms in total. The van der Waals surface area contributed by atoms with Crippen LogP contribution in [0, 0.1) is 23.7 Å². The molecule has 3 rings (SSSR count). The number of fused-ring (bicyclic) bond motifs is 2. The molecule has 0 radical (unpaired) electrons. The summed E-state index contributed by atoms with van der Waals surface area (Å²) in [5, 5.41) is 0. The Hall–Kier alpha value is -0.600. The molecule has 0 spiro atoms. The van der Waals surface area contributed by atoms with Crippen molar-refractivity contribution in [2.45, 2.75) is 33.3 Å². The average molecular weight is 276 g/mol. The van der Waals surface area contributed by atoms with E-state index in [0.29, 0.717) is 23.9 Å². The molecule has 0 aromatic carbocycles. The minimum absolute atomic E-state index is 0.336. The Balaban J connectivity index is 1.88. The fourth-order valence-corrected chi connectivity index (χ4v) is 4.73. The van der Waals surface area contributed by atoms with Gasteiger partial charge in [0.15, 0.2) is 0 Å². The maximum atomic E-state index is 6.37. The molecule has 20 heavy (non-hydrogen) atoms. The lowest BCUT2D eigenvalue weighted by atomic mass is 9.64. The molecule has 3 aliphatic rings. The normalized spacial score (nSPS) is 43.8. The highest BCUT2D eigenvalue weighted by Crippen LogP contribution is 2.46. The van der Waals surface area contributed by atoms with Crippen LogP contribution in [0.1, 0.15) is 27.2 Å². The molecule has 2 heteroatoms. The van der Waals surface area contributed by atoms with Gasteiger partial charge in [-0.2, -0.15) is 0 Å². The van der Waals surface area contributed by atoms with Gasteiger partial charge in [0.25, 0.3) is 0 Å². The standard InChI is InChI=1S/C18H30NO/c1-12-9-13(2)17-14(3)16(12)11-20-18(17)15-7-6-8-19(4,5)10-15/h7,9,12,14,16-18H,6,8,10-11H2,1-5H3/q+1. The van der Waals surface area contributed by atoms with E-state index in [4.69, 9.17) is 4.74 Å². The smallest absolute Gasteiger partial charge is 0.102 e. The SMILES string of the molecule is CC1=CC(C)C2COC(C3=CCC[N+](C)(C)C3)C1C2C. The summed E-state index contributed by atoms with van der Waals surface area (Å²) in [7, 11) is 4.68. The molecule has 1 aliphatic carbocycles. The van der Waals surface area contributed by atoms with Crippen LogP contribution in [0.25, 0.3) is 0 Å². The Morgan fingerprint density at radius 2 is 2.00 bits per heavy atom. The van der Waals surface area contributed by atoms with Crippen molar-refractivity contribution in [3.05, 3.63) is 23.3 Å². The van der Waals surface area contributed by atoms with E-state index in [1.807, 2.05) is 0 Å². The van der Waals surface area contributed by atoms with Crippen LogP contribution in [0.2, 0.25) is 0 Å². The number of likely N-dealkylation sites (N-methyl/N-ethyl adjacent to an activating group) is 1. The van der Waals surface area contributed by atoms with Crippen molar-refractivity contribution in [1.29, 1.82) is 0 Å². The minimum atomic E-state index is 0.336. The third-order valence-electron chi connectivity index (χ3n) is 5.88. The van der Waals surface area contributed by atoms with E-state index >= 15 is 0 Å². The van der Waals surface area contributed by atoms with Gasteiger partial charge in [0.05, 0.1) is 33.4 Å². The zero-order valence-electron chi connectivity index (χ0n) is 13.7. The molecule has 0 saturated carbocycles. The number of nitrogens with zero attached hydrogens (tertiary/aromatic N) is 1. The molecule has 0 N–H and O–H groups in total. The van der Waals surface area contributed by atoms with Gasteiger partial charge >= 0.3 is 0 Å². The summed E-state index contributed by atoms with van der Waals surface area (Å²) in [5.74, 6) is 2.75. The predicted molar refractivity (Wildman–Crippen MR) is 83.3 cm³/mol. The maximum Gasteiger partial charge on any atom is 0.102 e. The number of hydrogen-bond donors (Lipinski definition) is 0. The Kier molecular flexibility index (Phi) is 3.58. The Bertz CT molecular complexity index is 448. The number of ether oxygens (including phenoxy) is 1. The van der Waals surface area contributed by atoms with Gasteiger partial charge in [-0.15, -0.1) is 0 Å².